The maximum atomic E-state index is 2.41. The third kappa shape index (κ3) is 2.10. The Labute approximate surface area is 122 Å². The summed E-state index contributed by atoms with van der Waals surface area (Å²) < 4.78 is 0. The van der Waals surface area contributed by atoms with Crippen LogP contribution in [0.5, 0.6) is 0 Å². The first-order chi connectivity index (χ1) is 9.60. The quantitative estimate of drug-likeness (QED) is 0.658. The van der Waals surface area contributed by atoms with E-state index in [1.54, 1.807) is 5.57 Å². The molecule has 1 aliphatic carbocycles. The van der Waals surface area contributed by atoms with Crippen LogP contribution in [-0.2, 0) is 6.42 Å². The van der Waals surface area contributed by atoms with Crippen molar-refractivity contribution in [3.05, 3.63) is 63.7 Å². The van der Waals surface area contributed by atoms with Gasteiger partial charge in [-0.25, -0.2) is 0 Å². The van der Waals surface area contributed by atoms with Crippen LogP contribution in [0.25, 0.3) is 17.2 Å². The van der Waals surface area contributed by atoms with Gasteiger partial charge in [-0.05, 0) is 72.6 Å². The van der Waals surface area contributed by atoms with Crippen LogP contribution >= 0.6 is 0 Å². The Morgan fingerprint density at radius 1 is 0.900 bits per heavy atom. The third-order valence-corrected chi connectivity index (χ3v) is 4.62. The summed E-state index contributed by atoms with van der Waals surface area (Å²) >= 11 is 0. The van der Waals surface area contributed by atoms with Crippen LogP contribution in [0, 0.1) is 20.8 Å². The average Bonchev–Trinajstić information content (AvgIpc) is 2.88. The second kappa shape index (κ2) is 4.94. The molecule has 0 heterocycles. The molecule has 0 saturated heterocycles. The Morgan fingerprint density at radius 2 is 1.65 bits per heavy atom. The molecule has 1 aliphatic rings. The largest absolute Gasteiger partial charge is 0.0654 e. The molecule has 0 unspecified atom stereocenters. The number of aryl methyl sites for hydroxylation is 3. The number of rotatable bonds is 2. The molecule has 0 aliphatic heterocycles. The van der Waals surface area contributed by atoms with Crippen molar-refractivity contribution in [3.8, 4) is 11.1 Å². The van der Waals surface area contributed by atoms with E-state index in [0.29, 0.717) is 0 Å². The van der Waals surface area contributed by atoms with Gasteiger partial charge in [0.15, 0.2) is 0 Å². The van der Waals surface area contributed by atoms with E-state index >= 15 is 0 Å². The second-order valence-corrected chi connectivity index (χ2v) is 5.95. The average molecular weight is 262 g/mol. The van der Waals surface area contributed by atoms with Crippen LogP contribution in [-0.4, -0.2) is 0 Å². The topological polar surface area (TPSA) is 0 Å². The third-order valence-electron chi connectivity index (χ3n) is 4.62. The van der Waals surface area contributed by atoms with Crippen molar-refractivity contribution in [3.63, 3.8) is 0 Å². The first kappa shape index (κ1) is 13.2. The van der Waals surface area contributed by atoms with Gasteiger partial charge in [-0.3, -0.25) is 0 Å². The summed E-state index contributed by atoms with van der Waals surface area (Å²) in [6.45, 7) is 8.85. The highest BCUT2D eigenvalue weighted by Crippen LogP contribution is 2.37. The SMILES string of the molecule is CCC1=Cc2c(-c3ccc(C)c(C)c3)ccc(C)c2C1. The van der Waals surface area contributed by atoms with Gasteiger partial charge >= 0.3 is 0 Å². The van der Waals surface area contributed by atoms with Gasteiger partial charge in [0, 0.05) is 0 Å². The summed E-state index contributed by atoms with van der Waals surface area (Å²) in [5, 5.41) is 0. The Kier molecular flexibility index (Phi) is 3.25. The summed E-state index contributed by atoms with van der Waals surface area (Å²) in [6, 6.07) is 11.4. The Morgan fingerprint density at radius 3 is 2.35 bits per heavy atom. The Hall–Kier alpha value is -1.82. The number of hydrogen-bond donors (Lipinski definition) is 0. The molecule has 0 nitrogen and oxygen atoms in total. The van der Waals surface area contributed by atoms with Crippen LogP contribution in [0.2, 0.25) is 0 Å². The fraction of sp³-hybridized carbons (Fsp3) is 0.300. The first-order valence-electron chi connectivity index (χ1n) is 7.49. The summed E-state index contributed by atoms with van der Waals surface area (Å²) in [6.07, 6.45) is 4.70. The zero-order valence-corrected chi connectivity index (χ0v) is 12.9. The number of benzene rings is 2. The van der Waals surface area contributed by atoms with E-state index in [9.17, 15) is 0 Å². The van der Waals surface area contributed by atoms with Crippen molar-refractivity contribution in [1.82, 2.24) is 0 Å². The molecular formula is C20H22. The zero-order chi connectivity index (χ0) is 14.3. The molecule has 0 amide bonds. The predicted molar refractivity (Wildman–Crippen MR) is 88.1 cm³/mol. The van der Waals surface area contributed by atoms with E-state index < -0.39 is 0 Å². The summed E-state index contributed by atoms with van der Waals surface area (Å²) in [5.74, 6) is 0. The van der Waals surface area contributed by atoms with Crippen LogP contribution < -0.4 is 0 Å². The Bertz CT molecular complexity index is 702. The first-order valence-corrected chi connectivity index (χ1v) is 7.49. The fourth-order valence-electron chi connectivity index (χ4n) is 3.04. The molecule has 0 aromatic heterocycles. The fourth-order valence-corrected chi connectivity index (χ4v) is 3.04. The highest BCUT2D eigenvalue weighted by molar-refractivity contribution is 5.82. The molecule has 0 spiro atoms. The van der Waals surface area contributed by atoms with Crippen molar-refractivity contribution in [2.75, 3.05) is 0 Å². The van der Waals surface area contributed by atoms with E-state index in [0.717, 1.165) is 12.8 Å². The van der Waals surface area contributed by atoms with Crippen LogP contribution in [0.15, 0.2) is 35.9 Å². The second-order valence-electron chi connectivity index (χ2n) is 5.95. The zero-order valence-electron chi connectivity index (χ0n) is 12.9. The van der Waals surface area contributed by atoms with E-state index in [-0.39, 0.29) is 0 Å². The van der Waals surface area contributed by atoms with Gasteiger partial charge in [-0.15, -0.1) is 0 Å². The number of allylic oxidation sites excluding steroid dienone is 1. The molecule has 3 rings (SSSR count). The van der Waals surface area contributed by atoms with Crippen LogP contribution in [0.3, 0.4) is 0 Å². The summed E-state index contributed by atoms with van der Waals surface area (Å²) in [5.41, 5.74) is 11.4. The van der Waals surface area contributed by atoms with Crippen LogP contribution in [0.1, 0.15) is 41.2 Å². The van der Waals surface area contributed by atoms with Crippen molar-refractivity contribution in [2.45, 2.75) is 40.5 Å². The van der Waals surface area contributed by atoms with E-state index in [1.807, 2.05) is 0 Å². The molecule has 0 heteroatoms. The monoisotopic (exact) mass is 262 g/mol. The minimum absolute atomic E-state index is 1.14. The molecule has 0 N–H and O–H groups in total. The van der Waals surface area contributed by atoms with Gasteiger partial charge in [0.1, 0.15) is 0 Å². The van der Waals surface area contributed by atoms with Gasteiger partial charge in [-0.1, -0.05) is 48.9 Å². The Balaban J connectivity index is 2.18. The van der Waals surface area contributed by atoms with E-state index in [2.05, 4.69) is 64.1 Å². The molecule has 0 radical (unpaired) electrons. The molecule has 20 heavy (non-hydrogen) atoms. The van der Waals surface area contributed by atoms with E-state index in [4.69, 9.17) is 0 Å². The molecule has 2 aromatic rings. The predicted octanol–water partition coefficient (Wildman–Crippen LogP) is 5.63. The maximum Gasteiger partial charge on any atom is -0.00551 e. The molecular weight excluding hydrogens is 240 g/mol. The minimum atomic E-state index is 1.14. The molecule has 0 atom stereocenters. The number of fused-ring (bicyclic) bond motifs is 1. The maximum absolute atomic E-state index is 2.41. The molecule has 2 aromatic carbocycles. The lowest BCUT2D eigenvalue weighted by molar-refractivity contribution is 1.03. The standard InChI is InChI=1S/C20H22/c1-5-16-11-19-14(3)7-9-18(20(19)12-16)17-8-6-13(2)15(4)10-17/h6-10,12H,5,11H2,1-4H3. The summed E-state index contributed by atoms with van der Waals surface area (Å²) in [4.78, 5) is 0. The summed E-state index contributed by atoms with van der Waals surface area (Å²) in [7, 11) is 0. The minimum Gasteiger partial charge on any atom is -0.0654 e. The van der Waals surface area contributed by atoms with Gasteiger partial charge in [0.2, 0.25) is 0 Å². The highest BCUT2D eigenvalue weighted by atomic mass is 14.2. The van der Waals surface area contributed by atoms with E-state index in [1.165, 1.54) is 38.9 Å². The van der Waals surface area contributed by atoms with Gasteiger partial charge < -0.3 is 0 Å². The van der Waals surface area contributed by atoms with Crippen molar-refractivity contribution >= 4 is 6.08 Å². The lowest BCUT2D eigenvalue weighted by Gasteiger charge is -2.12. The van der Waals surface area contributed by atoms with Crippen LogP contribution in [0.4, 0.5) is 0 Å². The lowest BCUT2D eigenvalue weighted by Crippen LogP contribution is -1.93. The van der Waals surface area contributed by atoms with Crippen molar-refractivity contribution in [2.24, 2.45) is 0 Å². The highest BCUT2D eigenvalue weighted by Gasteiger charge is 2.17. The molecule has 0 fully saturated rings. The van der Waals surface area contributed by atoms with Crippen molar-refractivity contribution in [1.29, 1.82) is 0 Å². The molecule has 0 bridgehead atoms. The van der Waals surface area contributed by atoms with Gasteiger partial charge in [0.25, 0.3) is 0 Å². The van der Waals surface area contributed by atoms with Crippen molar-refractivity contribution < 1.29 is 0 Å². The van der Waals surface area contributed by atoms with Gasteiger partial charge in [0.05, 0.1) is 0 Å². The number of hydrogen-bond acceptors (Lipinski definition) is 0. The lowest BCUT2D eigenvalue weighted by atomic mass is 9.92. The van der Waals surface area contributed by atoms with Gasteiger partial charge in [-0.2, -0.15) is 0 Å². The smallest absolute Gasteiger partial charge is 0.00551 e. The normalized spacial score (nSPS) is 13.3. The molecule has 0 saturated carbocycles. The molecule has 102 valence electrons.